The second-order valence-electron chi connectivity index (χ2n) is 6.84. The number of benzene rings is 2. The maximum Gasteiger partial charge on any atom is 0.433 e. The van der Waals surface area contributed by atoms with Crippen LogP contribution in [-0.2, 0) is 17.5 Å². The number of nitrogens with zero attached hydrogens (tertiary/aromatic N) is 3. The third-order valence-electron chi connectivity index (χ3n) is 4.72. The molecule has 6 nitrogen and oxygen atoms in total. The highest BCUT2D eigenvalue weighted by molar-refractivity contribution is 5.96. The van der Waals surface area contributed by atoms with Gasteiger partial charge in [-0.3, -0.25) is 0 Å². The monoisotopic (exact) mass is 463 g/mol. The first-order valence-electron chi connectivity index (χ1n) is 9.39. The van der Waals surface area contributed by atoms with Gasteiger partial charge in [0.1, 0.15) is 17.9 Å². The summed E-state index contributed by atoms with van der Waals surface area (Å²) in [5, 5.41) is 3.66. The molecule has 0 saturated carbocycles. The van der Waals surface area contributed by atoms with Gasteiger partial charge in [0.2, 0.25) is 0 Å². The molecule has 2 aromatic heterocycles. The molecule has 170 valence electrons. The summed E-state index contributed by atoms with van der Waals surface area (Å²) >= 11 is 0. The van der Waals surface area contributed by atoms with Crippen molar-refractivity contribution in [2.45, 2.75) is 12.8 Å². The first kappa shape index (κ1) is 22.2. The Hall–Kier alpha value is -4.02. The number of rotatable bonds is 5. The Kier molecular flexibility index (Phi) is 5.71. The smallest absolute Gasteiger partial charge is 0.433 e. The second-order valence-corrected chi connectivity index (χ2v) is 6.84. The lowest BCUT2D eigenvalue weighted by atomic mass is 10.1. The molecule has 2 aromatic carbocycles. The normalized spacial score (nSPS) is 11.6. The van der Waals surface area contributed by atoms with Gasteiger partial charge in [0.15, 0.2) is 23.0 Å². The van der Waals surface area contributed by atoms with Gasteiger partial charge < -0.3 is 9.47 Å². The Labute approximate surface area is 183 Å². The zero-order valence-electron chi connectivity index (χ0n) is 16.9. The minimum Gasteiger partial charge on any atom is -0.496 e. The van der Waals surface area contributed by atoms with Crippen LogP contribution in [0.25, 0.3) is 16.9 Å². The van der Waals surface area contributed by atoms with Crippen LogP contribution in [0.5, 0.6) is 5.75 Å². The van der Waals surface area contributed by atoms with Crippen LogP contribution in [0.4, 0.5) is 22.0 Å². The molecule has 0 bridgehead atoms. The van der Waals surface area contributed by atoms with E-state index in [-0.39, 0.29) is 33.8 Å². The number of alkyl halides is 3. The molecule has 0 fully saturated rings. The van der Waals surface area contributed by atoms with Crippen LogP contribution in [0.3, 0.4) is 0 Å². The highest BCUT2D eigenvalue weighted by Crippen LogP contribution is 2.35. The molecule has 11 heteroatoms. The fraction of sp³-hybridized carbons (Fsp3) is 0.136. The fourth-order valence-corrected chi connectivity index (χ4v) is 3.16. The molecule has 0 aliphatic carbocycles. The van der Waals surface area contributed by atoms with Gasteiger partial charge in [-0.2, -0.15) is 18.3 Å². The van der Waals surface area contributed by atoms with Crippen molar-refractivity contribution in [1.82, 2.24) is 14.6 Å². The van der Waals surface area contributed by atoms with Crippen molar-refractivity contribution in [3.63, 3.8) is 0 Å². The van der Waals surface area contributed by atoms with Gasteiger partial charge in [0.05, 0.1) is 19.0 Å². The fourth-order valence-electron chi connectivity index (χ4n) is 3.16. The minimum atomic E-state index is -4.81. The zero-order valence-corrected chi connectivity index (χ0v) is 16.9. The maximum absolute atomic E-state index is 13.7. The summed E-state index contributed by atoms with van der Waals surface area (Å²) in [7, 11) is 1.36. The first-order chi connectivity index (χ1) is 15.7. The van der Waals surface area contributed by atoms with Crippen molar-refractivity contribution in [3.8, 4) is 17.0 Å². The van der Waals surface area contributed by atoms with Crippen molar-refractivity contribution >= 4 is 11.6 Å². The highest BCUT2D eigenvalue weighted by atomic mass is 19.4. The molecule has 4 aromatic rings. The number of para-hydroxylation sites is 1. The SMILES string of the molecule is COc1ccccc1-c1cc(C(F)(F)F)n2ncc(C(=O)OCc3ccc(F)c(F)c3)c2n1. The van der Waals surface area contributed by atoms with Gasteiger partial charge in [0.25, 0.3) is 0 Å². The molecule has 0 N–H and O–H groups in total. The van der Waals surface area contributed by atoms with E-state index in [1.807, 2.05) is 0 Å². The molecule has 0 aliphatic rings. The van der Waals surface area contributed by atoms with Crippen molar-refractivity contribution in [2.24, 2.45) is 0 Å². The molecule has 0 radical (unpaired) electrons. The van der Waals surface area contributed by atoms with Crippen molar-refractivity contribution in [2.75, 3.05) is 7.11 Å². The van der Waals surface area contributed by atoms with Gasteiger partial charge in [-0.1, -0.05) is 18.2 Å². The molecular weight excluding hydrogens is 449 g/mol. The highest BCUT2D eigenvalue weighted by Gasteiger charge is 2.36. The molecule has 0 aliphatic heterocycles. The first-order valence-corrected chi connectivity index (χ1v) is 9.39. The van der Waals surface area contributed by atoms with Crippen LogP contribution >= 0.6 is 0 Å². The van der Waals surface area contributed by atoms with E-state index < -0.39 is 36.1 Å². The Morgan fingerprint density at radius 2 is 1.82 bits per heavy atom. The van der Waals surface area contributed by atoms with E-state index in [0.29, 0.717) is 4.52 Å². The van der Waals surface area contributed by atoms with Crippen molar-refractivity contribution < 1.29 is 36.2 Å². The van der Waals surface area contributed by atoms with Crippen LogP contribution in [-0.4, -0.2) is 27.7 Å². The van der Waals surface area contributed by atoms with E-state index in [2.05, 4.69) is 10.1 Å². The van der Waals surface area contributed by atoms with Gasteiger partial charge in [0, 0.05) is 5.56 Å². The number of esters is 1. The molecule has 4 rings (SSSR count). The summed E-state index contributed by atoms with van der Waals surface area (Å²) in [4.78, 5) is 16.8. The number of hydrogen-bond donors (Lipinski definition) is 0. The van der Waals surface area contributed by atoms with E-state index in [4.69, 9.17) is 9.47 Å². The van der Waals surface area contributed by atoms with Crippen molar-refractivity contribution in [1.29, 1.82) is 0 Å². The summed E-state index contributed by atoms with van der Waals surface area (Å²) in [6.45, 7) is -0.439. The van der Waals surface area contributed by atoms with Crippen molar-refractivity contribution in [3.05, 3.63) is 83.2 Å². The number of methoxy groups -OCH3 is 1. The summed E-state index contributed by atoms with van der Waals surface area (Å²) in [5.74, 6) is -2.95. The largest absolute Gasteiger partial charge is 0.496 e. The maximum atomic E-state index is 13.7. The summed E-state index contributed by atoms with van der Waals surface area (Å²) in [5.41, 5.74) is -1.55. The van der Waals surface area contributed by atoms with Gasteiger partial charge >= 0.3 is 12.1 Å². The average molecular weight is 463 g/mol. The van der Waals surface area contributed by atoms with Gasteiger partial charge in [-0.25, -0.2) is 23.1 Å². The third kappa shape index (κ3) is 4.34. The lowest BCUT2D eigenvalue weighted by Gasteiger charge is -2.13. The Morgan fingerprint density at radius 1 is 1.06 bits per heavy atom. The number of halogens is 5. The zero-order chi connectivity index (χ0) is 23.8. The van der Waals surface area contributed by atoms with Crippen LogP contribution < -0.4 is 4.74 Å². The topological polar surface area (TPSA) is 65.7 Å². The third-order valence-corrected chi connectivity index (χ3v) is 4.72. The predicted molar refractivity (Wildman–Crippen MR) is 105 cm³/mol. The number of aromatic nitrogens is 3. The lowest BCUT2D eigenvalue weighted by molar-refractivity contribution is -0.142. The van der Waals surface area contributed by atoms with Crippen LogP contribution in [0.1, 0.15) is 21.6 Å². The second kappa shape index (κ2) is 8.49. The van der Waals surface area contributed by atoms with Gasteiger partial charge in [-0.05, 0) is 35.9 Å². The molecular formula is C22H14F5N3O3. The summed E-state index contributed by atoms with van der Waals surface area (Å²) in [6, 6.07) is 10.0. The summed E-state index contributed by atoms with van der Waals surface area (Å²) in [6.07, 6.45) is -3.91. The van der Waals surface area contributed by atoms with Crippen LogP contribution in [0, 0.1) is 11.6 Å². The molecule has 0 atom stereocenters. The quantitative estimate of drug-likeness (QED) is 0.306. The molecule has 2 heterocycles. The van der Waals surface area contributed by atoms with E-state index in [1.165, 1.54) is 19.2 Å². The number of ether oxygens (including phenoxy) is 2. The average Bonchev–Trinajstić information content (AvgIpc) is 3.22. The van der Waals surface area contributed by atoms with Crippen LogP contribution in [0.2, 0.25) is 0 Å². The number of fused-ring (bicyclic) bond motifs is 1. The lowest BCUT2D eigenvalue weighted by Crippen LogP contribution is -2.14. The van der Waals surface area contributed by atoms with E-state index in [0.717, 1.165) is 24.4 Å². The van der Waals surface area contributed by atoms with E-state index >= 15 is 0 Å². The molecule has 0 amide bonds. The van der Waals surface area contributed by atoms with E-state index in [9.17, 15) is 26.7 Å². The molecule has 0 spiro atoms. The Balaban J connectivity index is 1.76. The number of carbonyl (C=O) groups excluding carboxylic acids is 1. The minimum absolute atomic E-state index is 0.0950. The Morgan fingerprint density at radius 3 is 2.52 bits per heavy atom. The molecule has 0 unspecified atom stereocenters. The number of hydrogen-bond acceptors (Lipinski definition) is 5. The molecule has 33 heavy (non-hydrogen) atoms. The number of carbonyl (C=O) groups is 1. The summed E-state index contributed by atoms with van der Waals surface area (Å²) < 4.78 is 78.4. The van der Waals surface area contributed by atoms with Gasteiger partial charge in [-0.15, -0.1) is 0 Å². The molecule has 0 saturated heterocycles. The van der Waals surface area contributed by atoms with E-state index in [1.54, 1.807) is 18.2 Å². The predicted octanol–water partition coefficient (Wildman–Crippen LogP) is 5.06. The van der Waals surface area contributed by atoms with Crippen LogP contribution in [0.15, 0.2) is 54.7 Å². The Bertz CT molecular complexity index is 1350. The standard InChI is InChI=1S/C22H14F5N3O3/c1-32-18-5-3-2-4-13(18)17-9-19(22(25,26)27)30-20(29-17)14(10-28-30)21(31)33-11-12-6-7-15(23)16(24)8-12/h2-10H,11H2,1H3.